The molecule has 13 heavy (non-hydrogen) atoms. The van der Waals surface area contributed by atoms with Crippen LogP contribution in [0.5, 0.6) is 0 Å². The van der Waals surface area contributed by atoms with Crippen LogP contribution in [-0.4, -0.2) is 39.4 Å². The predicted molar refractivity (Wildman–Crippen MR) is 47.8 cm³/mol. The molecule has 1 aliphatic rings. The lowest BCUT2D eigenvalue weighted by molar-refractivity contribution is -0.193. The molecule has 4 unspecified atom stereocenters. The molecule has 0 amide bonds. The summed E-state index contributed by atoms with van der Waals surface area (Å²) in [5, 5.41) is 0. The first-order valence-electron chi connectivity index (χ1n) is 4.39. The van der Waals surface area contributed by atoms with Crippen LogP contribution in [0.3, 0.4) is 0 Å². The molecule has 78 valence electrons. The van der Waals surface area contributed by atoms with E-state index < -0.39 is 0 Å². The molecule has 0 aliphatic carbocycles. The number of methoxy groups -OCH3 is 2. The lowest BCUT2D eigenvalue weighted by Crippen LogP contribution is -2.41. The van der Waals surface area contributed by atoms with Crippen LogP contribution in [0, 0.1) is 5.92 Å². The van der Waals surface area contributed by atoms with E-state index in [1.165, 1.54) is 0 Å². The average molecular weight is 190 g/mol. The molecule has 1 heterocycles. The van der Waals surface area contributed by atoms with Gasteiger partial charge in [0.05, 0.1) is 0 Å². The molecule has 1 rings (SSSR count). The fourth-order valence-corrected chi connectivity index (χ4v) is 1.57. The molecule has 0 spiro atoms. The lowest BCUT2D eigenvalue weighted by atomic mass is 9.98. The van der Waals surface area contributed by atoms with E-state index in [9.17, 15) is 0 Å². The third-order valence-electron chi connectivity index (χ3n) is 2.42. The summed E-state index contributed by atoms with van der Waals surface area (Å²) < 4.78 is 15.6. The zero-order chi connectivity index (χ0) is 9.84. The van der Waals surface area contributed by atoms with Gasteiger partial charge in [-0.25, -0.2) is 0 Å². The fourth-order valence-electron chi connectivity index (χ4n) is 1.57. The van der Waals surface area contributed by atoms with E-state index in [1.54, 1.807) is 14.2 Å². The molecule has 0 radical (unpaired) electrons. The maximum atomic E-state index is 5.82. The summed E-state index contributed by atoms with van der Waals surface area (Å²) in [6, 6.07) is -0.0925. The Balaban J connectivity index is 2.52. The SMILES string of the molecule is COC1CC(C(N)CN)C(OC)O1. The summed E-state index contributed by atoms with van der Waals surface area (Å²) in [6.45, 7) is 0.435. The van der Waals surface area contributed by atoms with Crippen molar-refractivity contribution in [2.24, 2.45) is 17.4 Å². The Morgan fingerprint density at radius 2 is 2.15 bits per heavy atom. The Hall–Kier alpha value is -0.200. The van der Waals surface area contributed by atoms with Crippen molar-refractivity contribution >= 4 is 0 Å². The summed E-state index contributed by atoms with van der Waals surface area (Å²) in [5.74, 6) is 0.125. The van der Waals surface area contributed by atoms with Gasteiger partial charge in [0.25, 0.3) is 0 Å². The van der Waals surface area contributed by atoms with Crippen LogP contribution in [0.15, 0.2) is 0 Å². The van der Waals surface area contributed by atoms with Crippen LogP contribution in [-0.2, 0) is 14.2 Å². The highest BCUT2D eigenvalue weighted by atomic mass is 16.8. The maximum absolute atomic E-state index is 5.82. The van der Waals surface area contributed by atoms with Gasteiger partial charge in [-0.3, -0.25) is 0 Å². The van der Waals surface area contributed by atoms with E-state index in [0.29, 0.717) is 6.54 Å². The molecule has 4 N–H and O–H groups in total. The molecule has 1 saturated heterocycles. The molecule has 1 fully saturated rings. The van der Waals surface area contributed by atoms with Crippen molar-refractivity contribution < 1.29 is 14.2 Å². The second-order valence-corrected chi connectivity index (χ2v) is 3.20. The second kappa shape index (κ2) is 4.88. The van der Waals surface area contributed by atoms with Crippen molar-refractivity contribution in [3.05, 3.63) is 0 Å². The highest BCUT2D eigenvalue weighted by molar-refractivity contribution is 4.82. The molecule has 5 nitrogen and oxygen atoms in total. The van der Waals surface area contributed by atoms with Gasteiger partial charge in [0.15, 0.2) is 12.6 Å². The third kappa shape index (κ3) is 2.38. The number of nitrogens with two attached hydrogens (primary N) is 2. The summed E-state index contributed by atoms with van der Waals surface area (Å²) in [5.41, 5.74) is 11.3. The summed E-state index contributed by atoms with van der Waals surface area (Å²) in [7, 11) is 3.20. The molecule has 0 bridgehead atoms. The van der Waals surface area contributed by atoms with Gasteiger partial charge in [0.2, 0.25) is 0 Å². The standard InChI is InChI=1S/C8H18N2O3/c1-11-7-3-5(6(10)4-9)8(12-2)13-7/h5-8H,3-4,9-10H2,1-2H3. The van der Waals surface area contributed by atoms with Gasteiger partial charge in [-0.2, -0.15) is 0 Å². The van der Waals surface area contributed by atoms with Gasteiger partial charge >= 0.3 is 0 Å². The molecular formula is C8H18N2O3. The van der Waals surface area contributed by atoms with Crippen molar-refractivity contribution in [2.45, 2.75) is 25.0 Å². The van der Waals surface area contributed by atoms with Gasteiger partial charge < -0.3 is 25.7 Å². The first kappa shape index (κ1) is 10.9. The van der Waals surface area contributed by atoms with Gasteiger partial charge in [-0.05, 0) is 0 Å². The Bertz CT molecular complexity index is 156. The van der Waals surface area contributed by atoms with E-state index in [0.717, 1.165) is 6.42 Å². The molecule has 5 heteroatoms. The van der Waals surface area contributed by atoms with Gasteiger partial charge in [-0.15, -0.1) is 0 Å². The molecule has 0 aromatic rings. The van der Waals surface area contributed by atoms with Gasteiger partial charge in [0, 0.05) is 39.1 Å². The van der Waals surface area contributed by atoms with Crippen LogP contribution in [0.1, 0.15) is 6.42 Å². The number of hydrogen-bond acceptors (Lipinski definition) is 5. The number of rotatable bonds is 4. The van der Waals surface area contributed by atoms with Gasteiger partial charge in [-0.1, -0.05) is 0 Å². The Morgan fingerprint density at radius 3 is 2.62 bits per heavy atom. The van der Waals surface area contributed by atoms with Crippen LogP contribution >= 0.6 is 0 Å². The molecular weight excluding hydrogens is 172 g/mol. The molecule has 0 aromatic carbocycles. The molecule has 1 aliphatic heterocycles. The zero-order valence-corrected chi connectivity index (χ0v) is 8.10. The Morgan fingerprint density at radius 1 is 1.46 bits per heavy atom. The first-order chi connectivity index (χ1) is 6.22. The molecule has 4 atom stereocenters. The zero-order valence-electron chi connectivity index (χ0n) is 8.10. The third-order valence-corrected chi connectivity index (χ3v) is 2.42. The van der Waals surface area contributed by atoms with Crippen molar-refractivity contribution in [3.8, 4) is 0 Å². The number of ether oxygens (including phenoxy) is 3. The summed E-state index contributed by atoms with van der Waals surface area (Å²) in [6.07, 6.45) is 0.240. The van der Waals surface area contributed by atoms with Crippen LogP contribution in [0.2, 0.25) is 0 Å². The highest BCUT2D eigenvalue weighted by Gasteiger charge is 2.38. The van der Waals surface area contributed by atoms with Crippen LogP contribution < -0.4 is 11.5 Å². The van der Waals surface area contributed by atoms with E-state index in [2.05, 4.69) is 0 Å². The van der Waals surface area contributed by atoms with E-state index in [4.69, 9.17) is 25.7 Å². The maximum Gasteiger partial charge on any atom is 0.164 e. The molecule has 0 aromatic heterocycles. The fraction of sp³-hybridized carbons (Fsp3) is 1.00. The predicted octanol–water partition coefficient (Wildman–Crippen LogP) is -0.746. The quantitative estimate of drug-likeness (QED) is 0.610. The largest absolute Gasteiger partial charge is 0.356 e. The smallest absolute Gasteiger partial charge is 0.164 e. The van der Waals surface area contributed by atoms with Crippen molar-refractivity contribution in [1.29, 1.82) is 0 Å². The Labute approximate surface area is 78.3 Å². The van der Waals surface area contributed by atoms with Crippen molar-refractivity contribution in [2.75, 3.05) is 20.8 Å². The van der Waals surface area contributed by atoms with Crippen molar-refractivity contribution in [3.63, 3.8) is 0 Å². The summed E-state index contributed by atoms with van der Waals surface area (Å²) >= 11 is 0. The monoisotopic (exact) mass is 190 g/mol. The van der Waals surface area contributed by atoms with Gasteiger partial charge in [0.1, 0.15) is 0 Å². The highest BCUT2D eigenvalue weighted by Crippen LogP contribution is 2.28. The minimum atomic E-state index is -0.288. The van der Waals surface area contributed by atoms with E-state index >= 15 is 0 Å². The lowest BCUT2D eigenvalue weighted by Gasteiger charge is -2.21. The minimum Gasteiger partial charge on any atom is -0.356 e. The molecule has 0 saturated carbocycles. The number of hydrogen-bond donors (Lipinski definition) is 2. The van der Waals surface area contributed by atoms with Crippen LogP contribution in [0.4, 0.5) is 0 Å². The Kier molecular flexibility index (Phi) is 4.08. The summed E-state index contributed by atoms with van der Waals surface area (Å²) in [4.78, 5) is 0. The average Bonchev–Trinajstić information content (AvgIpc) is 2.59. The van der Waals surface area contributed by atoms with E-state index in [-0.39, 0.29) is 24.5 Å². The minimum absolute atomic E-state index is 0.0925. The normalized spacial score (nSPS) is 36.5. The topological polar surface area (TPSA) is 79.7 Å². The van der Waals surface area contributed by atoms with E-state index in [1.807, 2.05) is 0 Å². The van der Waals surface area contributed by atoms with Crippen molar-refractivity contribution in [1.82, 2.24) is 0 Å². The van der Waals surface area contributed by atoms with Crippen LogP contribution in [0.25, 0.3) is 0 Å². The second-order valence-electron chi connectivity index (χ2n) is 3.20. The first-order valence-corrected chi connectivity index (χ1v) is 4.39.